The molecule has 0 aliphatic rings. The van der Waals surface area contributed by atoms with Gasteiger partial charge >= 0.3 is 5.97 Å². The van der Waals surface area contributed by atoms with Gasteiger partial charge in [-0.25, -0.2) is 4.79 Å². The van der Waals surface area contributed by atoms with Crippen LogP contribution in [0.4, 0.5) is 5.00 Å². The lowest BCUT2D eigenvalue weighted by Gasteiger charge is -2.19. The molecule has 0 saturated heterocycles. The van der Waals surface area contributed by atoms with E-state index in [4.69, 9.17) is 27.9 Å². The van der Waals surface area contributed by atoms with Crippen molar-refractivity contribution < 1.29 is 14.3 Å². The van der Waals surface area contributed by atoms with Crippen molar-refractivity contribution in [1.29, 1.82) is 0 Å². The average Bonchev–Trinajstić information content (AvgIpc) is 3.05. The van der Waals surface area contributed by atoms with E-state index in [2.05, 4.69) is 38.2 Å². The molecule has 0 fully saturated rings. The average molecular weight is 490 g/mol. The molecule has 0 aliphatic carbocycles. The standard InChI is InChI=1S/C25H25Cl2NO3S/c1-6-31-24(30)20-19(15-10-12-16(13-11-15)25(3,4)5)14(2)32-23(20)28-22(29)17-8-7-9-18(26)21(17)27/h7-13H,6H2,1-5H3,(H,28,29). The van der Waals surface area contributed by atoms with Crippen molar-refractivity contribution in [3.8, 4) is 11.1 Å². The lowest BCUT2D eigenvalue weighted by Crippen LogP contribution is -2.15. The Morgan fingerprint density at radius 1 is 1.06 bits per heavy atom. The molecule has 1 heterocycles. The zero-order chi connectivity index (χ0) is 23.6. The summed E-state index contributed by atoms with van der Waals surface area (Å²) in [4.78, 5) is 26.7. The Labute approximate surface area is 202 Å². The van der Waals surface area contributed by atoms with E-state index in [9.17, 15) is 9.59 Å². The van der Waals surface area contributed by atoms with Crippen LogP contribution in [0.15, 0.2) is 42.5 Å². The molecule has 0 bridgehead atoms. The molecule has 0 unspecified atom stereocenters. The van der Waals surface area contributed by atoms with Crippen LogP contribution in [0.2, 0.25) is 10.0 Å². The van der Waals surface area contributed by atoms with Gasteiger partial charge in [0.1, 0.15) is 10.6 Å². The topological polar surface area (TPSA) is 55.4 Å². The van der Waals surface area contributed by atoms with Crippen molar-refractivity contribution in [3.05, 3.63) is 74.1 Å². The minimum atomic E-state index is -0.487. The normalized spacial score (nSPS) is 11.3. The highest BCUT2D eigenvalue weighted by atomic mass is 35.5. The fraction of sp³-hybridized carbons (Fsp3) is 0.280. The van der Waals surface area contributed by atoms with Gasteiger partial charge < -0.3 is 10.1 Å². The van der Waals surface area contributed by atoms with E-state index in [0.29, 0.717) is 10.6 Å². The first-order valence-corrected chi connectivity index (χ1v) is 11.8. The van der Waals surface area contributed by atoms with E-state index in [1.165, 1.54) is 16.9 Å². The summed E-state index contributed by atoms with van der Waals surface area (Å²) in [5, 5.41) is 3.70. The van der Waals surface area contributed by atoms with Gasteiger partial charge in [0.05, 0.1) is 22.2 Å². The van der Waals surface area contributed by atoms with Gasteiger partial charge in [-0.2, -0.15) is 0 Å². The summed E-state index contributed by atoms with van der Waals surface area (Å²) in [6.07, 6.45) is 0. The number of carbonyl (C=O) groups excluding carboxylic acids is 2. The van der Waals surface area contributed by atoms with Gasteiger partial charge in [0.25, 0.3) is 5.91 Å². The monoisotopic (exact) mass is 489 g/mol. The predicted octanol–water partition coefficient (Wildman–Crippen LogP) is 7.76. The van der Waals surface area contributed by atoms with Gasteiger partial charge in [-0.3, -0.25) is 4.79 Å². The predicted molar refractivity (Wildman–Crippen MR) is 134 cm³/mol. The van der Waals surface area contributed by atoms with E-state index >= 15 is 0 Å². The van der Waals surface area contributed by atoms with Crippen molar-refractivity contribution in [2.45, 2.75) is 40.0 Å². The minimum absolute atomic E-state index is 0.0154. The number of rotatable bonds is 5. The largest absolute Gasteiger partial charge is 0.462 e. The third-order valence-corrected chi connectivity index (χ3v) is 6.87. The van der Waals surface area contributed by atoms with Crippen LogP contribution in [-0.2, 0) is 10.2 Å². The van der Waals surface area contributed by atoms with Gasteiger partial charge in [0.2, 0.25) is 0 Å². The first kappa shape index (κ1) is 24.3. The van der Waals surface area contributed by atoms with Crippen LogP contribution < -0.4 is 5.32 Å². The number of anilines is 1. The number of thiophene rings is 1. The van der Waals surface area contributed by atoms with Crippen LogP contribution in [-0.4, -0.2) is 18.5 Å². The molecule has 0 spiro atoms. The van der Waals surface area contributed by atoms with Gasteiger partial charge in [-0.05, 0) is 42.5 Å². The number of nitrogens with one attached hydrogen (secondary N) is 1. The highest BCUT2D eigenvalue weighted by Gasteiger charge is 2.26. The Morgan fingerprint density at radius 3 is 2.31 bits per heavy atom. The van der Waals surface area contributed by atoms with E-state index in [0.717, 1.165) is 16.0 Å². The van der Waals surface area contributed by atoms with E-state index < -0.39 is 11.9 Å². The molecule has 0 saturated carbocycles. The fourth-order valence-corrected chi connectivity index (χ4v) is 4.81. The second kappa shape index (κ2) is 9.65. The molecule has 168 valence electrons. The first-order chi connectivity index (χ1) is 15.0. The van der Waals surface area contributed by atoms with E-state index in [1.807, 2.05) is 19.1 Å². The summed E-state index contributed by atoms with van der Waals surface area (Å²) in [5.74, 6) is -0.932. The zero-order valence-corrected chi connectivity index (χ0v) is 21.0. The number of amides is 1. The summed E-state index contributed by atoms with van der Waals surface area (Å²) in [5.41, 5.74) is 3.41. The van der Waals surface area contributed by atoms with Crippen LogP contribution >= 0.6 is 34.5 Å². The van der Waals surface area contributed by atoms with Crippen molar-refractivity contribution >= 4 is 51.4 Å². The molecule has 3 aromatic rings. The summed E-state index contributed by atoms with van der Waals surface area (Å²) in [6.45, 7) is 10.3. The summed E-state index contributed by atoms with van der Waals surface area (Å²) >= 11 is 13.6. The van der Waals surface area contributed by atoms with E-state index in [-0.39, 0.29) is 27.6 Å². The Morgan fingerprint density at radius 2 is 1.72 bits per heavy atom. The van der Waals surface area contributed by atoms with Crippen LogP contribution in [0.25, 0.3) is 11.1 Å². The number of hydrogen-bond acceptors (Lipinski definition) is 4. The smallest absolute Gasteiger partial charge is 0.341 e. The molecular formula is C25H25Cl2NO3S. The van der Waals surface area contributed by atoms with Gasteiger partial charge in [-0.1, -0.05) is 74.3 Å². The molecule has 7 heteroatoms. The lowest BCUT2D eigenvalue weighted by molar-refractivity contribution is 0.0529. The second-order valence-electron chi connectivity index (χ2n) is 8.34. The Balaban J connectivity index is 2.07. The number of esters is 1. The maximum absolute atomic E-state index is 12.9. The summed E-state index contributed by atoms with van der Waals surface area (Å²) in [6, 6.07) is 13.0. The van der Waals surface area contributed by atoms with E-state index in [1.54, 1.807) is 25.1 Å². The molecular weight excluding hydrogens is 465 g/mol. The van der Waals surface area contributed by atoms with Crippen molar-refractivity contribution in [2.75, 3.05) is 11.9 Å². The lowest BCUT2D eigenvalue weighted by atomic mass is 9.86. The minimum Gasteiger partial charge on any atom is -0.462 e. The molecule has 1 amide bonds. The summed E-state index contributed by atoms with van der Waals surface area (Å²) < 4.78 is 5.32. The number of halogens is 2. The maximum atomic E-state index is 12.9. The fourth-order valence-electron chi connectivity index (χ4n) is 3.36. The quantitative estimate of drug-likeness (QED) is 0.372. The molecule has 0 atom stereocenters. The van der Waals surface area contributed by atoms with Crippen molar-refractivity contribution in [3.63, 3.8) is 0 Å². The molecule has 3 rings (SSSR count). The molecule has 4 nitrogen and oxygen atoms in total. The van der Waals surface area contributed by atoms with Crippen molar-refractivity contribution in [2.24, 2.45) is 0 Å². The van der Waals surface area contributed by atoms with Crippen LogP contribution in [0.5, 0.6) is 0 Å². The third-order valence-electron chi connectivity index (χ3n) is 5.03. The number of hydrogen-bond donors (Lipinski definition) is 1. The molecule has 2 aromatic carbocycles. The number of aryl methyl sites for hydroxylation is 1. The third kappa shape index (κ3) is 5.01. The first-order valence-electron chi connectivity index (χ1n) is 10.2. The van der Waals surface area contributed by atoms with Gasteiger partial charge in [-0.15, -0.1) is 11.3 Å². The Kier molecular flexibility index (Phi) is 7.33. The molecule has 0 radical (unpaired) electrons. The molecule has 1 N–H and O–H groups in total. The van der Waals surface area contributed by atoms with Crippen LogP contribution in [0.3, 0.4) is 0 Å². The summed E-state index contributed by atoms with van der Waals surface area (Å²) in [7, 11) is 0. The van der Waals surface area contributed by atoms with Crippen molar-refractivity contribution in [1.82, 2.24) is 0 Å². The van der Waals surface area contributed by atoms with Crippen LogP contribution in [0.1, 0.15) is 58.9 Å². The zero-order valence-electron chi connectivity index (χ0n) is 18.6. The Hall–Kier alpha value is -2.34. The highest BCUT2D eigenvalue weighted by molar-refractivity contribution is 7.17. The van der Waals surface area contributed by atoms with Gasteiger partial charge in [0, 0.05) is 10.4 Å². The second-order valence-corrected chi connectivity index (χ2v) is 10.4. The maximum Gasteiger partial charge on any atom is 0.341 e. The van der Waals surface area contributed by atoms with Gasteiger partial charge in [0.15, 0.2) is 0 Å². The highest BCUT2D eigenvalue weighted by Crippen LogP contribution is 2.41. The molecule has 0 aliphatic heterocycles. The number of carbonyl (C=O) groups is 2. The Bertz CT molecular complexity index is 1160. The number of benzene rings is 2. The number of ether oxygens (including phenoxy) is 1. The molecule has 32 heavy (non-hydrogen) atoms. The molecule has 1 aromatic heterocycles. The van der Waals surface area contributed by atoms with Crippen LogP contribution in [0, 0.1) is 6.92 Å². The SMILES string of the molecule is CCOC(=O)c1c(NC(=O)c2cccc(Cl)c2Cl)sc(C)c1-c1ccc(C(C)(C)C)cc1.